The van der Waals surface area contributed by atoms with E-state index in [0.717, 1.165) is 27.8 Å². The van der Waals surface area contributed by atoms with Crippen molar-refractivity contribution in [3.05, 3.63) is 126 Å². The average molecular weight is 904 g/mol. The van der Waals surface area contributed by atoms with E-state index in [1.807, 2.05) is 48.5 Å². The van der Waals surface area contributed by atoms with E-state index in [4.69, 9.17) is 9.47 Å². The second-order valence-electron chi connectivity index (χ2n) is 16.9. The van der Waals surface area contributed by atoms with Crippen molar-refractivity contribution in [2.45, 2.75) is 45.2 Å². The fourth-order valence-electron chi connectivity index (χ4n) is 8.50. The van der Waals surface area contributed by atoms with Crippen LogP contribution in [0.4, 0.5) is 34.3 Å². The Bertz CT molecular complexity index is 3150. The SMILES string of the molecule is COc1cc2c(cc1OCCCC(=O)Nc1cn(C)c(C(=O)Nc3cc(C(=O)Nc4cc(C(=O)n5ccc6cc(NC(C)C)ccc65)n(C)c4)n(C)c3)n1)N=C[C@@H]1Cc3ccccc3N1C2=O. The molecule has 0 unspecified atom stereocenters. The molecule has 342 valence electrons. The molecular weight excluding hydrogens is 855 g/mol. The highest BCUT2D eigenvalue weighted by Gasteiger charge is 2.36. The highest BCUT2D eigenvalue weighted by Crippen LogP contribution is 2.41. The molecule has 4 aromatic heterocycles. The zero-order chi connectivity index (χ0) is 47.1. The molecule has 1 atom stereocenters. The molecule has 2 aliphatic rings. The van der Waals surface area contributed by atoms with Gasteiger partial charge in [-0.2, -0.15) is 0 Å². The number of amides is 4. The van der Waals surface area contributed by atoms with Gasteiger partial charge in [-0.15, -0.1) is 0 Å². The third-order valence-corrected chi connectivity index (χ3v) is 11.6. The van der Waals surface area contributed by atoms with E-state index in [1.165, 1.54) is 23.9 Å². The van der Waals surface area contributed by atoms with Gasteiger partial charge in [-0.25, -0.2) is 4.98 Å². The van der Waals surface area contributed by atoms with Crippen molar-refractivity contribution >= 4 is 80.9 Å². The van der Waals surface area contributed by atoms with Crippen molar-refractivity contribution in [2.75, 3.05) is 39.9 Å². The van der Waals surface area contributed by atoms with E-state index in [1.54, 1.807) is 82.7 Å². The average Bonchev–Trinajstić information content (AvgIpc) is 4.12. The van der Waals surface area contributed by atoms with E-state index in [9.17, 15) is 24.0 Å². The minimum atomic E-state index is -0.559. The summed E-state index contributed by atoms with van der Waals surface area (Å²) in [7, 11) is 6.53. The molecule has 0 bridgehead atoms. The van der Waals surface area contributed by atoms with Gasteiger partial charge >= 0.3 is 0 Å². The zero-order valence-electron chi connectivity index (χ0n) is 37.8. The number of aryl methyl sites for hydroxylation is 3. The lowest BCUT2D eigenvalue weighted by Crippen LogP contribution is -2.37. The molecule has 18 nitrogen and oxygen atoms in total. The van der Waals surface area contributed by atoms with E-state index < -0.39 is 11.8 Å². The van der Waals surface area contributed by atoms with Crippen LogP contribution in [-0.4, -0.2) is 84.8 Å². The van der Waals surface area contributed by atoms with Crippen molar-refractivity contribution in [3.8, 4) is 11.5 Å². The van der Waals surface area contributed by atoms with Crippen molar-refractivity contribution in [3.63, 3.8) is 0 Å². The predicted octanol–water partition coefficient (Wildman–Crippen LogP) is 7.16. The molecule has 0 saturated carbocycles. The molecule has 0 aliphatic carbocycles. The Balaban J connectivity index is 0.770. The molecule has 0 spiro atoms. The topological polar surface area (TPSA) is 200 Å². The molecule has 3 aromatic carbocycles. The van der Waals surface area contributed by atoms with E-state index in [-0.39, 0.29) is 60.2 Å². The summed E-state index contributed by atoms with van der Waals surface area (Å²) < 4.78 is 17.9. The summed E-state index contributed by atoms with van der Waals surface area (Å²) in [5.41, 5.74) is 5.97. The third kappa shape index (κ3) is 8.75. The van der Waals surface area contributed by atoms with Crippen molar-refractivity contribution < 1.29 is 33.4 Å². The van der Waals surface area contributed by atoms with Crippen LogP contribution in [0, 0.1) is 0 Å². The number of rotatable bonds is 14. The van der Waals surface area contributed by atoms with Gasteiger partial charge in [0.15, 0.2) is 17.3 Å². The molecule has 7 aromatic rings. The number of benzene rings is 3. The Hall–Kier alpha value is -8.41. The molecule has 0 radical (unpaired) electrons. The summed E-state index contributed by atoms with van der Waals surface area (Å²) in [4.78, 5) is 77.9. The first-order chi connectivity index (χ1) is 32.2. The first kappa shape index (κ1) is 43.8. The zero-order valence-corrected chi connectivity index (χ0v) is 37.8. The van der Waals surface area contributed by atoms with Crippen LogP contribution in [0.3, 0.4) is 0 Å². The van der Waals surface area contributed by atoms with Gasteiger partial charge in [-0.3, -0.25) is 38.4 Å². The lowest BCUT2D eigenvalue weighted by molar-refractivity contribution is -0.116. The van der Waals surface area contributed by atoms with Gasteiger partial charge in [-0.05, 0) is 74.4 Å². The summed E-state index contributed by atoms with van der Waals surface area (Å²) in [5, 5.41) is 12.7. The Morgan fingerprint density at radius 2 is 1.55 bits per heavy atom. The number of carbonyl (C=O) groups is 5. The van der Waals surface area contributed by atoms with Gasteiger partial charge in [0.05, 0.1) is 47.9 Å². The van der Waals surface area contributed by atoms with Crippen LogP contribution in [0.15, 0.2) is 103 Å². The standard InChI is InChI=1S/C49H49N11O7/c1-28(2)51-31-13-14-37-30(18-31)15-16-59(37)49(65)40-21-33(26-57(40)4)52-46(62)39-20-32(25-56(39)3)53-47(63)45-55-43(27-58(45)5)54-44(61)12-9-17-67-42-23-36-35(22-41(42)66-6)48(64)60-34(24-50-36)19-29-10-7-8-11-38(29)60/h7-8,10-11,13-16,18,20-28,34,51H,9,12,17,19H2,1-6H3,(H,52,62)(H,53,63)(H,54,61)/t34-/m0/s1. The smallest absolute Gasteiger partial charge is 0.291 e. The van der Waals surface area contributed by atoms with E-state index in [0.29, 0.717) is 52.7 Å². The maximum atomic E-state index is 13.7. The molecule has 18 heteroatoms. The molecular formula is C49H49N11O7. The summed E-state index contributed by atoms with van der Waals surface area (Å²) >= 11 is 0. The molecule has 4 amide bonds. The Labute approximate surface area is 385 Å². The van der Waals surface area contributed by atoms with Gasteiger partial charge in [0.2, 0.25) is 11.7 Å². The summed E-state index contributed by atoms with van der Waals surface area (Å²) in [6, 6.07) is 22.1. The first-order valence-electron chi connectivity index (χ1n) is 21.8. The molecule has 0 saturated heterocycles. The van der Waals surface area contributed by atoms with Gasteiger partial charge in [-0.1, -0.05) is 18.2 Å². The molecule has 4 N–H and O–H groups in total. The minimum absolute atomic E-state index is 0.0270. The fraction of sp³-hybridized carbons (Fsp3) is 0.245. The summed E-state index contributed by atoms with van der Waals surface area (Å²) in [6.45, 7) is 4.29. The van der Waals surface area contributed by atoms with Crippen molar-refractivity contribution in [1.82, 2.24) is 23.3 Å². The number of imidazole rings is 1. The molecule has 6 heterocycles. The lowest BCUT2D eigenvalue weighted by Gasteiger charge is -2.22. The van der Waals surface area contributed by atoms with Gasteiger partial charge in [0, 0.05) is 93.9 Å². The van der Waals surface area contributed by atoms with Gasteiger partial charge < -0.3 is 44.4 Å². The maximum Gasteiger partial charge on any atom is 0.291 e. The number of methoxy groups -OCH3 is 1. The van der Waals surface area contributed by atoms with Crippen LogP contribution in [0.25, 0.3) is 10.9 Å². The predicted molar refractivity (Wildman–Crippen MR) is 256 cm³/mol. The molecule has 0 fully saturated rings. The second-order valence-corrected chi connectivity index (χ2v) is 16.9. The Morgan fingerprint density at radius 3 is 2.33 bits per heavy atom. The van der Waals surface area contributed by atoms with Crippen molar-refractivity contribution in [1.29, 1.82) is 0 Å². The number of nitrogens with zero attached hydrogens (tertiary/aromatic N) is 7. The normalized spacial score (nSPS) is 13.8. The minimum Gasteiger partial charge on any atom is -0.493 e. The number of hydrogen-bond acceptors (Lipinski definition) is 10. The van der Waals surface area contributed by atoms with Gasteiger partial charge in [0.25, 0.3) is 23.6 Å². The van der Waals surface area contributed by atoms with Crippen LogP contribution in [0.5, 0.6) is 11.5 Å². The van der Waals surface area contributed by atoms with Crippen LogP contribution in [0.2, 0.25) is 0 Å². The number of ether oxygens (including phenoxy) is 2. The largest absolute Gasteiger partial charge is 0.493 e. The fourth-order valence-corrected chi connectivity index (χ4v) is 8.50. The highest BCUT2D eigenvalue weighted by atomic mass is 16.5. The highest BCUT2D eigenvalue weighted by molar-refractivity contribution is 6.15. The second kappa shape index (κ2) is 17.9. The quantitative estimate of drug-likeness (QED) is 0.0818. The summed E-state index contributed by atoms with van der Waals surface area (Å²) in [5.74, 6) is -0.782. The molecule has 67 heavy (non-hydrogen) atoms. The van der Waals surface area contributed by atoms with Gasteiger partial charge in [0.1, 0.15) is 11.4 Å². The Kier molecular flexibility index (Phi) is 11.7. The Morgan fingerprint density at radius 1 is 0.806 bits per heavy atom. The van der Waals surface area contributed by atoms with Crippen LogP contribution in [0.1, 0.15) is 74.2 Å². The third-order valence-electron chi connectivity index (χ3n) is 11.6. The summed E-state index contributed by atoms with van der Waals surface area (Å²) in [6.07, 6.45) is 9.42. The van der Waals surface area contributed by atoms with Crippen LogP contribution in [-0.2, 0) is 32.4 Å². The monoisotopic (exact) mass is 903 g/mol. The van der Waals surface area contributed by atoms with E-state index >= 15 is 0 Å². The number of para-hydroxylation sites is 1. The lowest BCUT2D eigenvalue weighted by atomic mass is 10.1. The van der Waals surface area contributed by atoms with Crippen LogP contribution < -0.4 is 35.6 Å². The maximum absolute atomic E-state index is 13.7. The number of anilines is 5. The number of carbonyl (C=O) groups excluding carboxylic acids is 5. The number of fused-ring (bicyclic) bond motifs is 5. The first-order valence-corrected chi connectivity index (χ1v) is 21.8. The van der Waals surface area contributed by atoms with E-state index in [2.05, 4.69) is 45.1 Å². The number of aliphatic imine (C=N–C) groups is 1. The molecule has 9 rings (SSSR count). The van der Waals surface area contributed by atoms with Crippen molar-refractivity contribution in [2.24, 2.45) is 26.1 Å². The number of aromatic nitrogens is 5. The number of nitrogens with one attached hydrogen (secondary N) is 4. The number of hydrogen-bond donors (Lipinski definition) is 4. The van der Waals surface area contributed by atoms with Crippen LogP contribution >= 0.6 is 0 Å². The molecule has 2 aliphatic heterocycles.